The predicted octanol–water partition coefficient (Wildman–Crippen LogP) is -1.03. The molecule has 2 fully saturated rings. The van der Waals surface area contributed by atoms with Crippen molar-refractivity contribution in [1.29, 1.82) is 0 Å². The molecule has 0 aromatic carbocycles. The summed E-state index contributed by atoms with van der Waals surface area (Å²) >= 11 is 0. The zero-order valence-electron chi connectivity index (χ0n) is 15.2. The second-order valence-electron chi connectivity index (χ2n) is 6.80. The minimum atomic E-state index is -0.551. The Morgan fingerprint density at radius 1 is 1.31 bits per heavy atom. The van der Waals surface area contributed by atoms with Crippen molar-refractivity contribution in [2.24, 2.45) is 13.0 Å². The highest BCUT2D eigenvalue weighted by Crippen LogP contribution is 2.23. The van der Waals surface area contributed by atoms with Crippen molar-refractivity contribution in [1.82, 2.24) is 20.0 Å². The molecule has 1 N–H and O–H groups in total. The van der Waals surface area contributed by atoms with Crippen LogP contribution in [0.3, 0.4) is 0 Å². The minimum Gasteiger partial charge on any atom is -0.467 e. The maximum atomic E-state index is 12.3. The molecule has 9 heteroatoms. The number of ether oxygens (including phenoxy) is 1. The number of anilines is 1. The standard InChI is InChI=1S/C17H25N5O4/c1-20-15(23)4-3-14(19-20)21-7-5-12(6-8-21)11-22-13(17(25)26-2)9-18-10-16(22)24/h3-4,12-13,18H,5-11H2,1-2H3/t13-/m1/s1. The lowest BCUT2D eigenvalue weighted by atomic mass is 9.95. The molecule has 9 nitrogen and oxygen atoms in total. The fourth-order valence-electron chi connectivity index (χ4n) is 3.56. The van der Waals surface area contributed by atoms with Crippen LogP contribution in [0.2, 0.25) is 0 Å². The molecule has 1 aromatic rings. The van der Waals surface area contributed by atoms with E-state index in [1.165, 1.54) is 17.9 Å². The van der Waals surface area contributed by atoms with Crippen molar-refractivity contribution in [3.05, 3.63) is 22.5 Å². The van der Waals surface area contributed by atoms with E-state index in [0.717, 1.165) is 31.7 Å². The molecule has 0 bridgehead atoms. The molecule has 2 aliphatic heterocycles. The number of amides is 1. The molecule has 2 aliphatic rings. The Labute approximate surface area is 151 Å². The van der Waals surface area contributed by atoms with E-state index >= 15 is 0 Å². The first-order valence-electron chi connectivity index (χ1n) is 8.87. The number of aryl methyl sites for hydroxylation is 1. The number of esters is 1. The monoisotopic (exact) mass is 363 g/mol. The Balaban J connectivity index is 1.60. The predicted molar refractivity (Wildman–Crippen MR) is 94.8 cm³/mol. The maximum absolute atomic E-state index is 12.3. The fraction of sp³-hybridized carbons (Fsp3) is 0.647. The van der Waals surface area contributed by atoms with E-state index in [0.29, 0.717) is 19.0 Å². The largest absolute Gasteiger partial charge is 0.467 e. The third-order valence-corrected chi connectivity index (χ3v) is 5.12. The van der Waals surface area contributed by atoms with Gasteiger partial charge in [0, 0.05) is 39.3 Å². The van der Waals surface area contributed by atoms with Gasteiger partial charge < -0.3 is 19.9 Å². The second kappa shape index (κ2) is 7.86. The molecule has 26 heavy (non-hydrogen) atoms. The van der Waals surface area contributed by atoms with Gasteiger partial charge in [-0.1, -0.05) is 0 Å². The number of nitrogens with one attached hydrogen (secondary N) is 1. The number of nitrogens with zero attached hydrogens (tertiary/aromatic N) is 4. The van der Waals surface area contributed by atoms with Gasteiger partial charge in [-0.15, -0.1) is 0 Å². The summed E-state index contributed by atoms with van der Waals surface area (Å²) in [7, 11) is 2.99. The number of aromatic nitrogens is 2. The molecule has 3 rings (SSSR count). The number of piperazine rings is 1. The minimum absolute atomic E-state index is 0.0613. The van der Waals surface area contributed by atoms with Gasteiger partial charge in [0.2, 0.25) is 5.91 Å². The van der Waals surface area contributed by atoms with Gasteiger partial charge in [-0.2, -0.15) is 5.10 Å². The molecule has 1 aromatic heterocycles. The van der Waals surface area contributed by atoms with Crippen molar-refractivity contribution in [2.75, 3.05) is 44.7 Å². The Morgan fingerprint density at radius 3 is 2.69 bits per heavy atom. The summed E-state index contributed by atoms with van der Waals surface area (Å²) in [6.07, 6.45) is 1.80. The number of hydrogen-bond acceptors (Lipinski definition) is 7. The molecule has 0 spiro atoms. The van der Waals surface area contributed by atoms with E-state index < -0.39 is 6.04 Å². The highest BCUT2D eigenvalue weighted by atomic mass is 16.5. The molecule has 0 unspecified atom stereocenters. The quantitative estimate of drug-likeness (QED) is 0.683. The summed E-state index contributed by atoms with van der Waals surface area (Å²) in [5, 5.41) is 7.26. The SMILES string of the molecule is COC(=O)[C@H]1CNCC(=O)N1CC1CCN(c2ccc(=O)n(C)n2)CC1. The topological polar surface area (TPSA) is 96.8 Å². The van der Waals surface area contributed by atoms with Gasteiger partial charge in [0.15, 0.2) is 0 Å². The highest BCUT2D eigenvalue weighted by Gasteiger charge is 2.35. The number of carbonyl (C=O) groups is 2. The summed E-state index contributed by atoms with van der Waals surface area (Å²) < 4.78 is 6.17. The van der Waals surface area contributed by atoms with Gasteiger partial charge in [-0.05, 0) is 24.8 Å². The van der Waals surface area contributed by atoms with Crippen molar-refractivity contribution in [3.8, 4) is 0 Å². The Bertz CT molecular complexity index is 726. The lowest BCUT2D eigenvalue weighted by Gasteiger charge is -2.39. The third-order valence-electron chi connectivity index (χ3n) is 5.12. The van der Waals surface area contributed by atoms with Crippen LogP contribution in [0.25, 0.3) is 0 Å². The van der Waals surface area contributed by atoms with Gasteiger partial charge in [-0.3, -0.25) is 9.59 Å². The lowest BCUT2D eigenvalue weighted by Crippen LogP contribution is -2.59. The number of rotatable bonds is 4. The molecule has 1 atom stereocenters. The van der Waals surface area contributed by atoms with E-state index in [-0.39, 0.29) is 24.0 Å². The number of hydrogen-bond donors (Lipinski definition) is 1. The molecule has 0 aliphatic carbocycles. The summed E-state index contributed by atoms with van der Waals surface area (Å²) in [4.78, 5) is 39.5. The first kappa shape index (κ1) is 18.4. The molecule has 3 heterocycles. The maximum Gasteiger partial charge on any atom is 0.329 e. The molecule has 2 saturated heterocycles. The van der Waals surface area contributed by atoms with Crippen LogP contribution in [0.5, 0.6) is 0 Å². The average Bonchev–Trinajstić information content (AvgIpc) is 2.65. The molecule has 0 saturated carbocycles. The van der Waals surface area contributed by atoms with Crippen LogP contribution in [0, 0.1) is 5.92 Å². The molecular formula is C17H25N5O4. The van der Waals surface area contributed by atoms with Crippen molar-refractivity contribution < 1.29 is 14.3 Å². The van der Waals surface area contributed by atoms with Crippen molar-refractivity contribution in [3.63, 3.8) is 0 Å². The smallest absolute Gasteiger partial charge is 0.329 e. The van der Waals surface area contributed by atoms with E-state index in [2.05, 4.69) is 15.3 Å². The van der Waals surface area contributed by atoms with Crippen LogP contribution in [0.15, 0.2) is 16.9 Å². The fourth-order valence-corrected chi connectivity index (χ4v) is 3.56. The molecular weight excluding hydrogens is 338 g/mol. The van der Waals surface area contributed by atoms with Crippen LogP contribution >= 0.6 is 0 Å². The van der Waals surface area contributed by atoms with E-state index in [9.17, 15) is 14.4 Å². The summed E-state index contributed by atoms with van der Waals surface area (Å²) in [5.41, 5.74) is -0.130. The Kier molecular flexibility index (Phi) is 5.55. The van der Waals surface area contributed by atoms with Gasteiger partial charge in [0.25, 0.3) is 5.56 Å². The first-order valence-corrected chi connectivity index (χ1v) is 8.87. The van der Waals surface area contributed by atoms with Crippen molar-refractivity contribution in [2.45, 2.75) is 18.9 Å². The number of carbonyl (C=O) groups excluding carboxylic acids is 2. The lowest BCUT2D eigenvalue weighted by molar-refractivity contribution is -0.155. The van der Waals surface area contributed by atoms with Crippen molar-refractivity contribution >= 4 is 17.7 Å². The van der Waals surface area contributed by atoms with Crippen LogP contribution < -0.4 is 15.8 Å². The average molecular weight is 363 g/mol. The third kappa shape index (κ3) is 3.87. The zero-order valence-corrected chi connectivity index (χ0v) is 15.2. The van der Waals surface area contributed by atoms with E-state index in [4.69, 9.17) is 4.74 Å². The molecule has 1 amide bonds. The van der Waals surface area contributed by atoms with Crippen LogP contribution in [-0.2, 0) is 21.4 Å². The van der Waals surface area contributed by atoms with Crippen LogP contribution in [-0.4, -0.2) is 72.4 Å². The van der Waals surface area contributed by atoms with Gasteiger partial charge >= 0.3 is 5.97 Å². The van der Waals surface area contributed by atoms with E-state index in [1.807, 2.05) is 0 Å². The van der Waals surface area contributed by atoms with Gasteiger partial charge in [-0.25, -0.2) is 9.48 Å². The summed E-state index contributed by atoms with van der Waals surface area (Å²) in [5.74, 6) is 0.676. The van der Waals surface area contributed by atoms with Crippen LogP contribution in [0.4, 0.5) is 5.82 Å². The van der Waals surface area contributed by atoms with E-state index in [1.54, 1.807) is 18.0 Å². The van der Waals surface area contributed by atoms with Crippen LogP contribution in [0.1, 0.15) is 12.8 Å². The Hall–Kier alpha value is -2.42. The second-order valence-corrected chi connectivity index (χ2v) is 6.80. The zero-order chi connectivity index (χ0) is 18.7. The Morgan fingerprint density at radius 2 is 2.04 bits per heavy atom. The molecule has 142 valence electrons. The molecule has 0 radical (unpaired) electrons. The normalized spacial score (nSPS) is 21.8. The van der Waals surface area contributed by atoms with Gasteiger partial charge in [0.05, 0.1) is 13.7 Å². The summed E-state index contributed by atoms with van der Waals surface area (Å²) in [6, 6.07) is 2.72. The van der Waals surface area contributed by atoms with Gasteiger partial charge in [0.1, 0.15) is 11.9 Å². The highest BCUT2D eigenvalue weighted by molar-refractivity contribution is 5.87. The number of methoxy groups -OCH3 is 1. The number of piperidine rings is 1. The summed E-state index contributed by atoms with van der Waals surface area (Å²) in [6.45, 7) is 2.86. The first-order chi connectivity index (χ1) is 12.5.